The van der Waals surface area contributed by atoms with Crippen molar-refractivity contribution >= 4 is 46.7 Å². The van der Waals surface area contributed by atoms with Gasteiger partial charge < -0.3 is 21.7 Å². The number of hydrogen-bond acceptors (Lipinski definition) is 6. The van der Waals surface area contributed by atoms with E-state index in [1.165, 1.54) is 17.7 Å². The Morgan fingerprint density at radius 2 is 1.77 bits per heavy atom. The normalized spacial score (nSPS) is 10.6. The number of benzene rings is 1. The van der Waals surface area contributed by atoms with Gasteiger partial charge >= 0.3 is 6.03 Å². The van der Waals surface area contributed by atoms with Crippen LogP contribution in [0.5, 0.6) is 0 Å². The van der Waals surface area contributed by atoms with Crippen molar-refractivity contribution in [2.75, 3.05) is 29.5 Å². The van der Waals surface area contributed by atoms with Crippen molar-refractivity contribution in [3.63, 3.8) is 0 Å². The van der Waals surface area contributed by atoms with Crippen molar-refractivity contribution in [1.82, 2.24) is 20.3 Å². The molecule has 2 aromatic heterocycles. The molecule has 0 aliphatic heterocycles. The van der Waals surface area contributed by atoms with E-state index in [1.54, 1.807) is 0 Å². The Hall–Kier alpha value is -3.10. The monoisotopic (exact) mass is 459 g/mol. The predicted octanol–water partition coefficient (Wildman–Crippen LogP) is 4.67. The summed E-state index contributed by atoms with van der Waals surface area (Å²) in [7, 11) is 0. The van der Waals surface area contributed by atoms with Gasteiger partial charge in [0, 0.05) is 30.4 Å². The van der Waals surface area contributed by atoms with E-state index in [4.69, 9.17) is 28.9 Å². The van der Waals surface area contributed by atoms with E-state index in [-0.39, 0.29) is 22.3 Å². The zero-order valence-electron chi connectivity index (χ0n) is 17.2. The minimum atomic E-state index is -0.359. The van der Waals surface area contributed by atoms with Crippen molar-refractivity contribution in [3.05, 3.63) is 57.8 Å². The van der Waals surface area contributed by atoms with Crippen LogP contribution in [0.3, 0.4) is 0 Å². The topological polar surface area (TPSA) is 118 Å². The number of halogens is 2. The summed E-state index contributed by atoms with van der Waals surface area (Å²) in [5.41, 5.74) is 10.5. The summed E-state index contributed by atoms with van der Waals surface area (Å²) in [6.07, 6.45) is 0.675. The number of amides is 2. The molecular weight excluding hydrogens is 437 g/mol. The zero-order valence-corrected chi connectivity index (χ0v) is 18.7. The van der Waals surface area contributed by atoms with Gasteiger partial charge in [-0.15, -0.1) is 0 Å². The van der Waals surface area contributed by atoms with Crippen LogP contribution in [0.2, 0.25) is 10.3 Å². The van der Waals surface area contributed by atoms with Gasteiger partial charge in [-0.05, 0) is 43.5 Å². The lowest BCUT2D eigenvalue weighted by molar-refractivity contribution is 0.252. The molecule has 0 radical (unpaired) electrons. The van der Waals surface area contributed by atoms with E-state index in [1.807, 2.05) is 18.2 Å². The van der Waals surface area contributed by atoms with Gasteiger partial charge in [0.15, 0.2) is 0 Å². The second kappa shape index (κ2) is 10.3. The number of anilines is 3. The molecule has 0 aliphatic rings. The molecule has 0 saturated carbocycles. The first-order chi connectivity index (χ1) is 14.8. The molecule has 0 spiro atoms. The molecule has 0 atom stereocenters. The lowest BCUT2D eigenvalue weighted by Crippen LogP contribution is -2.30. The van der Waals surface area contributed by atoms with E-state index < -0.39 is 0 Å². The summed E-state index contributed by atoms with van der Waals surface area (Å²) in [6.45, 7) is 5.16. The van der Waals surface area contributed by atoms with Gasteiger partial charge in [-0.25, -0.2) is 14.8 Å². The lowest BCUT2D eigenvalue weighted by Gasteiger charge is -2.12. The number of nitrogens with zero attached hydrogens (tertiary/aromatic N) is 3. The Balaban J connectivity index is 1.50. The maximum atomic E-state index is 12.0. The van der Waals surface area contributed by atoms with Gasteiger partial charge in [-0.1, -0.05) is 41.4 Å². The number of carbonyl (C=O) groups is 1. The molecule has 0 unspecified atom stereocenters. The Bertz CT molecular complexity index is 1070. The van der Waals surface area contributed by atoms with Gasteiger partial charge in [-0.2, -0.15) is 4.98 Å². The number of nitrogens with one attached hydrogen (secondary N) is 3. The van der Waals surface area contributed by atoms with Gasteiger partial charge in [-0.3, -0.25) is 0 Å². The predicted molar refractivity (Wildman–Crippen MR) is 126 cm³/mol. The minimum Gasteiger partial charge on any atom is -0.370 e. The SMILES string of the molecule is Cc1cccc(-c2cc(NCCCNC(=O)Nc3cc(Cl)nc(Cl)c3)nc(N)n2)c1C. The molecule has 0 bridgehead atoms. The molecule has 2 heterocycles. The summed E-state index contributed by atoms with van der Waals surface area (Å²) in [5.74, 6) is 0.835. The highest BCUT2D eigenvalue weighted by Gasteiger charge is 2.09. The number of aryl methyl sites for hydroxylation is 1. The van der Waals surface area contributed by atoms with Gasteiger partial charge in [0.25, 0.3) is 0 Å². The maximum Gasteiger partial charge on any atom is 0.319 e. The van der Waals surface area contributed by atoms with Crippen LogP contribution >= 0.6 is 23.2 Å². The summed E-state index contributed by atoms with van der Waals surface area (Å²) >= 11 is 11.6. The van der Waals surface area contributed by atoms with Crippen molar-refractivity contribution in [3.8, 4) is 11.3 Å². The highest BCUT2D eigenvalue weighted by molar-refractivity contribution is 6.32. The van der Waals surface area contributed by atoms with Crippen LogP contribution in [0.25, 0.3) is 11.3 Å². The fourth-order valence-electron chi connectivity index (χ4n) is 2.94. The van der Waals surface area contributed by atoms with Crippen LogP contribution in [-0.2, 0) is 0 Å². The number of hydrogen-bond donors (Lipinski definition) is 4. The number of nitrogens with two attached hydrogens (primary N) is 1. The van der Waals surface area contributed by atoms with E-state index in [0.717, 1.165) is 16.8 Å². The molecule has 0 aliphatic carbocycles. The molecular formula is C21H23Cl2N7O. The summed E-state index contributed by atoms with van der Waals surface area (Å²) in [5, 5.41) is 9.06. The van der Waals surface area contributed by atoms with Crippen LogP contribution in [0.1, 0.15) is 17.5 Å². The van der Waals surface area contributed by atoms with Crippen molar-refractivity contribution in [2.24, 2.45) is 0 Å². The number of aromatic nitrogens is 3. The fraction of sp³-hybridized carbons (Fsp3) is 0.238. The van der Waals surface area contributed by atoms with E-state index in [9.17, 15) is 4.79 Å². The first-order valence-corrected chi connectivity index (χ1v) is 10.4. The van der Waals surface area contributed by atoms with Crippen LogP contribution in [0, 0.1) is 13.8 Å². The molecule has 31 heavy (non-hydrogen) atoms. The summed E-state index contributed by atoms with van der Waals surface area (Å²) < 4.78 is 0. The molecule has 1 aromatic carbocycles. The number of urea groups is 1. The smallest absolute Gasteiger partial charge is 0.319 e. The van der Waals surface area contributed by atoms with Crippen LogP contribution in [0.15, 0.2) is 36.4 Å². The molecule has 3 aromatic rings. The molecule has 0 saturated heterocycles. The van der Waals surface area contributed by atoms with Gasteiger partial charge in [0.1, 0.15) is 16.1 Å². The Morgan fingerprint density at radius 1 is 1.03 bits per heavy atom. The van der Waals surface area contributed by atoms with E-state index >= 15 is 0 Å². The fourth-order valence-corrected chi connectivity index (χ4v) is 3.40. The lowest BCUT2D eigenvalue weighted by atomic mass is 10.0. The number of nitrogen functional groups attached to an aromatic ring is 1. The average Bonchev–Trinajstić information content (AvgIpc) is 2.68. The molecule has 5 N–H and O–H groups in total. The third-order valence-electron chi connectivity index (χ3n) is 4.59. The average molecular weight is 460 g/mol. The quantitative estimate of drug-likeness (QED) is 0.301. The highest BCUT2D eigenvalue weighted by Crippen LogP contribution is 2.26. The largest absolute Gasteiger partial charge is 0.370 e. The first kappa shape index (κ1) is 22.6. The Kier molecular flexibility index (Phi) is 7.49. The highest BCUT2D eigenvalue weighted by atomic mass is 35.5. The zero-order chi connectivity index (χ0) is 22.4. The molecule has 2 amide bonds. The first-order valence-electron chi connectivity index (χ1n) is 9.65. The standard InChI is InChI=1S/C21H23Cl2N7O/c1-12-5-3-6-15(13(12)2)16-11-19(30-20(24)28-16)25-7-4-8-26-21(31)27-14-9-17(22)29-18(23)10-14/h3,5-6,9-11H,4,7-8H2,1-2H3,(H3,24,25,28,30)(H2,26,27,29,31). The second-order valence-corrected chi connectivity index (χ2v) is 7.68. The third kappa shape index (κ3) is 6.44. The van der Waals surface area contributed by atoms with Crippen molar-refractivity contribution < 1.29 is 4.79 Å². The minimum absolute atomic E-state index is 0.202. The van der Waals surface area contributed by atoms with Crippen molar-refractivity contribution in [1.29, 1.82) is 0 Å². The Morgan fingerprint density at radius 3 is 2.52 bits per heavy atom. The van der Waals surface area contributed by atoms with Gasteiger partial charge in [0.2, 0.25) is 5.95 Å². The summed E-state index contributed by atoms with van der Waals surface area (Å²) in [4.78, 5) is 24.4. The number of rotatable bonds is 7. The van der Waals surface area contributed by atoms with Crippen LogP contribution < -0.4 is 21.7 Å². The van der Waals surface area contributed by atoms with Crippen molar-refractivity contribution in [2.45, 2.75) is 20.3 Å². The molecule has 162 valence electrons. The molecule has 10 heteroatoms. The van der Waals surface area contributed by atoms with Gasteiger partial charge in [0.05, 0.1) is 5.69 Å². The molecule has 8 nitrogen and oxygen atoms in total. The number of carbonyl (C=O) groups excluding carboxylic acids is 1. The van der Waals surface area contributed by atoms with Crippen LogP contribution in [-0.4, -0.2) is 34.1 Å². The molecule has 3 rings (SSSR count). The Labute approximate surface area is 190 Å². The molecule has 0 fully saturated rings. The third-order valence-corrected chi connectivity index (χ3v) is 4.98. The maximum absolute atomic E-state index is 12.0. The number of pyridine rings is 1. The second-order valence-electron chi connectivity index (χ2n) is 6.91. The van der Waals surface area contributed by atoms with Crippen LogP contribution in [0.4, 0.5) is 22.2 Å². The summed E-state index contributed by atoms with van der Waals surface area (Å²) in [6, 6.07) is 10.6. The van der Waals surface area contributed by atoms with E-state index in [0.29, 0.717) is 31.0 Å². The van der Waals surface area contributed by atoms with E-state index in [2.05, 4.69) is 50.8 Å².